The van der Waals surface area contributed by atoms with E-state index >= 15 is 0 Å². The number of carbonyl (C=O) groups excluding carboxylic acids is 2. The molecule has 4 rings (SSSR count). The molecule has 0 radical (unpaired) electrons. The lowest BCUT2D eigenvalue weighted by Gasteiger charge is -2.31. The van der Waals surface area contributed by atoms with Gasteiger partial charge < -0.3 is 15.0 Å². The van der Waals surface area contributed by atoms with E-state index in [0.717, 1.165) is 33.8 Å². The molecule has 2 aromatic rings. The van der Waals surface area contributed by atoms with E-state index in [-0.39, 0.29) is 11.9 Å². The quantitative estimate of drug-likeness (QED) is 0.893. The molecule has 1 N–H and O–H groups in total. The molecule has 2 heterocycles. The highest BCUT2D eigenvalue weighted by molar-refractivity contribution is 6.11. The minimum atomic E-state index is -0.479. The molecule has 0 saturated heterocycles. The highest BCUT2D eigenvalue weighted by Gasteiger charge is 2.43. The van der Waals surface area contributed by atoms with Crippen molar-refractivity contribution in [2.75, 3.05) is 25.6 Å². The number of aryl methyl sites for hydroxylation is 2. The predicted octanol–water partition coefficient (Wildman–Crippen LogP) is 3.31. The van der Waals surface area contributed by atoms with Crippen LogP contribution in [0.1, 0.15) is 22.7 Å². The van der Waals surface area contributed by atoms with Gasteiger partial charge in [0.25, 0.3) is 5.91 Å². The largest absolute Gasteiger partial charge is 0.497 e. The minimum Gasteiger partial charge on any atom is -0.497 e. The van der Waals surface area contributed by atoms with Gasteiger partial charge in [0.1, 0.15) is 5.75 Å². The zero-order valence-corrected chi connectivity index (χ0v) is 16.4. The molecule has 0 bridgehead atoms. The van der Waals surface area contributed by atoms with Crippen LogP contribution in [0.15, 0.2) is 53.7 Å². The summed E-state index contributed by atoms with van der Waals surface area (Å²) in [6.45, 7) is 4.41. The molecule has 0 spiro atoms. The smallest absolute Gasteiger partial charge is 0.322 e. The number of urea groups is 1. The number of rotatable bonds is 3. The molecule has 2 aromatic carbocycles. The van der Waals surface area contributed by atoms with E-state index in [0.29, 0.717) is 12.1 Å². The molecule has 0 saturated carbocycles. The van der Waals surface area contributed by atoms with Crippen LogP contribution in [-0.4, -0.2) is 37.5 Å². The van der Waals surface area contributed by atoms with Crippen molar-refractivity contribution >= 4 is 17.6 Å². The maximum Gasteiger partial charge on any atom is 0.322 e. The second kappa shape index (κ2) is 6.71. The average Bonchev–Trinajstić information content (AvgIpc) is 3.02. The average molecular weight is 377 g/mol. The Kier molecular flexibility index (Phi) is 4.34. The van der Waals surface area contributed by atoms with Gasteiger partial charge in [0.15, 0.2) is 0 Å². The Morgan fingerprint density at radius 2 is 1.68 bits per heavy atom. The number of hydrogen-bond acceptors (Lipinski definition) is 3. The molecule has 2 aliphatic rings. The van der Waals surface area contributed by atoms with E-state index < -0.39 is 6.04 Å². The van der Waals surface area contributed by atoms with Crippen LogP contribution in [0, 0.1) is 13.8 Å². The molecule has 0 fully saturated rings. The van der Waals surface area contributed by atoms with Gasteiger partial charge in [0, 0.05) is 12.7 Å². The highest BCUT2D eigenvalue weighted by Crippen LogP contribution is 2.38. The first-order valence-corrected chi connectivity index (χ1v) is 9.20. The number of anilines is 1. The van der Waals surface area contributed by atoms with Gasteiger partial charge in [0.05, 0.1) is 31.0 Å². The van der Waals surface area contributed by atoms with Gasteiger partial charge >= 0.3 is 6.03 Å². The van der Waals surface area contributed by atoms with Crippen LogP contribution in [0.2, 0.25) is 0 Å². The van der Waals surface area contributed by atoms with Crippen molar-refractivity contribution in [1.29, 1.82) is 0 Å². The molecule has 144 valence electrons. The lowest BCUT2D eigenvalue weighted by atomic mass is 9.95. The summed E-state index contributed by atoms with van der Waals surface area (Å²) >= 11 is 0. The topological polar surface area (TPSA) is 61.9 Å². The second-order valence-corrected chi connectivity index (χ2v) is 7.31. The number of carbonyl (C=O) groups is 2. The summed E-state index contributed by atoms with van der Waals surface area (Å²) in [5.41, 5.74) is 5.26. The third-order valence-corrected chi connectivity index (χ3v) is 5.33. The van der Waals surface area contributed by atoms with Gasteiger partial charge in [-0.3, -0.25) is 9.69 Å². The summed E-state index contributed by atoms with van der Waals surface area (Å²) < 4.78 is 5.22. The standard InChI is InChI=1S/C22H23N3O3/c1-13-9-14(2)11-16(10-13)25-12-18-19(21(25)26)20(23-22(27)24(18)3)15-5-7-17(28-4)8-6-15/h5-11,20H,12H2,1-4H3,(H,23,27)/t20-/m1/s1. The number of likely N-dealkylation sites (N-methyl/N-ethyl adjacent to an activating group) is 1. The molecule has 1 atom stereocenters. The molecular formula is C22H23N3O3. The number of ether oxygens (including phenoxy) is 1. The Balaban J connectivity index is 1.75. The minimum absolute atomic E-state index is 0.0762. The fourth-order valence-electron chi connectivity index (χ4n) is 3.93. The van der Waals surface area contributed by atoms with Crippen molar-refractivity contribution in [2.24, 2.45) is 0 Å². The molecule has 2 aliphatic heterocycles. The van der Waals surface area contributed by atoms with Crippen LogP contribution in [0.25, 0.3) is 0 Å². The molecular weight excluding hydrogens is 354 g/mol. The van der Waals surface area contributed by atoms with Crippen molar-refractivity contribution < 1.29 is 14.3 Å². The van der Waals surface area contributed by atoms with Gasteiger partial charge in [-0.25, -0.2) is 4.79 Å². The SMILES string of the molecule is COc1ccc([C@H]2NC(=O)N(C)C3=C2C(=O)N(c2cc(C)cc(C)c2)C3)cc1. The Hall–Kier alpha value is -3.28. The lowest BCUT2D eigenvalue weighted by Crippen LogP contribution is -2.45. The summed E-state index contributed by atoms with van der Waals surface area (Å²) in [7, 11) is 3.31. The third-order valence-electron chi connectivity index (χ3n) is 5.33. The van der Waals surface area contributed by atoms with E-state index in [4.69, 9.17) is 4.74 Å². The van der Waals surface area contributed by atoms with Crippen molar-refractivity contribution in [2.45, 2.75) is 19.9 Å². The number of amides is 3. The number of nitrogens with zero attached hydrogens (tertiary/aromatic N) is 2. The van der Waals surface area contributed by atoms with E-state index in [1.54, 1.807) is 19.1 Å². The van der Waals surface area contributed by atoms with E-state index in [1.165, 1.54) is 4.90 Å². The molecule has 0 aromatic heterocycles. The zero-order chi connectivity index (χ0) is 20.0. The van der Waals surface area contributed by atoms with Crippen LogP contribution < -0.4 is 15.0 Å². The summed E-state index contributed by atoms with van der Waals surface area (Å²) in [4.78, 5) is 29.2. The number of hydrogen-bond donors (Lipinski definition) is 1. The normalized spacial score (nSPS) is 19.1. The maximum atomic E-state index is 13.4. The Labute approximate surface area is 164 Å². The van der Waals surface area contributed by atoms with Crippen molar-refractivity contribution in [3.63, 3.8) is 0 Å². The monoisotopic (exact) mass is 377 g/mol. The van der Waals surface area contributed by atoms with Gasteiger partial charge in [-0.15, -0.1) is 0 Å². The van der Waals surface area contributed by atoms with Gasteiger partial charge in [-0.1, -0.05) is 18.2 Å². The van der Waals surface area contributed by atoms with Crippen LogP contribution in [0.4, 0.5) is 10.5 Å². The van der Waals surface area contributed by atoms with E-state index in [2.05, 4.69) is 11.4 Å². The fourth-order valence-corrected chi connectivity index (χ4v) is 3.93. The fraction of sp³-hybridized carbons (Fsp3) is 0.273. The number of methoxy groups -OCH3 is 1. The summed E-state index contributed by atoms with van der Waals surface area (Å²) in [5, 5.41) is 2.96. The lowest BCUT2D eigenvalue weighted by molar-refractivity contribution is -0.114. The Morgan fingerprint density at radius 3 is 2.29 bits per heavy atom. The molecule has 0 unspecified atom stereocenters. The van der Waals surface area contributed by atoms with E-state index in [9.17, 15) is 9.59 Å². The van der Waals surface area contributed by atoms with Gasteiger partial charge in [-0.2, -0.15) is 0 Å². The van der Waals surface area contributed by atoms with E-state index in [1.807, 2.05) is 50.2 Å². The molecule has 28 heavy (non-hydrogen) atoms. The molecule has 6 nitrogen and oxygen atoms in total. The second-order valence-electron chi connectivity index (χ2n) is 7.31. The van der Waals surface area contributed by atoms with Crippen LogP contribution in [-0.2, 0) is 4.79 Å². The Morgan fingerprint density at radius 1 is 1.04 bits per heavy atom. The third kappa shape index (κ3) is 2.91. The van der Waals surface area contributed by atoms with Gasteiger partial charge in [-0.05, 0) is 54.8 Å². The number of nitrogens with one attached hydrogen (secondary N) is 1. The Bertz CT molecular complexity index is 974. The van der Waals surface area contributed by atoms with Gasteiger partial charge in [0.2, 0.25) is 0 Å². The highest BCUT2D eigenvalue weighted by atomic mass is 16.5. The van der Waals surface area contributed by atoms with Crippen molar-refractivity contribution in [3.8, 4) is 5.75 Å². The van der Waals surface area contributed by atoms with Crippen molar-refractivity contribution in [1.82, 2.24) is 10.2 Å². The summed E-state index contributed by atoms with van der Waals surface area (Å²) in [5.74, 6) is 0.652. The van der Waals surface area contributed by atoms with Crippen LogP contribution >= 0.6 is 0 Å². The first-order chi connectivity index (χ1) is 13.4. The van der Waals surface area contributed by atoms with Crippen LogP contribution in [0.3, 0.4) is 0 Å². The predicted molar refractivity (Wildman–Crippen MR) is 107 cm³/mol. The first kappa shape index (κ1) is 18.1. The summed E-state index contributed by atoms with van der Waals surface area (Å²) in [6, 6.07) is 12.8. The molecule has 6 heteroatoms. The summed E-state index contributed by atoms with van der Waals surface area (Å²) in [6.07, 6.45) is 0. The molecule has 3 amide bonds. The maximum absolute atomic E-state index is 13.4. The first-order valence-electron chi connectivity index (χ1n) is 9.20. The molecule has 0 aliphatic carbocycles. The van der Waals surface area contributed by atoms with Crippen molar-refractivity contribution in [3.05, 3.63) is 70.4 Å². The number of benzene rings is 2. The zero-order valence-electron chi connectivity index (χ0n) is 16.4. The van der Waals surface area contributed by atoms with Crippen LogP contribution in [0.5, 0.6) is 5.75 Å².